The Hall–Kier alpha value is -5.32. The zero-order valence-corrected chi connectivity index (χ0v) is 30.4. The maximum atomic E-state index is 2.49. The van der Waals surface area contributed by atoms with E-state index in [1.165, 1.54) is 130 Å². The van der Waals surface area contributed by atoms with E-state index in [0.29, 0.717) is 0 Å². The highest BCUT2D eigenvalue weighted by molar-refractivity contribution is 7.10. The summed E-state index contributed by atoms with van der Waals surface area (Å²) in [6.07, 6.45) is 4.42. The molecule has 0 unspecified atom stereocenters. The summed E-state index contributed by atoms with van der Waals surface area (Å²) in [6.45, 7) is 4.39. The van der Waals surface area contributed by atoms with Crippen LogP contribution in [0, 0.1) is 6.92 Å². The Morgan fingerprint density at radius 2 is 0.706 bits per heavy atom. The van der Waals surface area contributed by atoms with Crippen molar-refractivity contribution in [3.8, 4) is 0 Å². The van der Waals surface area contributed by atoms with Crippen LogP contribution in [-0.4, -0.2) is 0 Å². The molecule has 0 N–H and O–H groups in total. The Morgan fingerprint density at radius 3 is 1.12 bits per heavy atom. The molecule has 0 radical (unpaired) electrons. The van der Waals surface area contributed by atoms with Gasteiger partial charge in [-0.1, -0.05) is 66.7 Å². The van der Waals surface area contributed by atoms with E-state index in [9.17, 15) is 0 Å². The van der Waals surface area contributed by atoms with E-state index < -0.39 is 0 Å². The van der Waals surface area contributed by atoms with Gasteiger partial charge in [-0.05, 0) is 158 Å². The molecule has 0 fully saturated rings. The fraction of sp³-hybridized carbons (Fsp3) is 0.0417. The maximum Gasteiger partial charge on any atom is 0.00150 e. The first-order valence-electron chi connectivity index (χ1n) is 17.5. The molecule has 3 aromatic heterocycles. The van der Waals surface area contributed by atoms with Crippen molar-refractivity contribution in [1.82, 2.24) is 0 Å². The van der Waals surface area contributed by atoms with Crippen molar-refractivity contribution in [2.24, 2.45) is 0 Å². The van der Waals surface area contributed by atoms with Gasteiger partial charge < -0.3 is 0 Å². The van der Waals surface area contributed by atoms with Gasteiger partial charge in [0.2, 0.25) is 0 Å². The van der Waals surface area contributed by atoms with Crippen LogP contribution in [0.1, 0.15) is 18.1 Å². The standard InChI is InChI=1S/C48H28S3/c1-3-8-26-14-31-34(13-25(26)2)43-46(40-22-49-19-37(31)40)44-36-18-30-12-7-5-10-28(30)16-33(36)39-21-51-24-42(39)48(44)45-35-17-29-11-6-4-9-27(29)15-32(35)38-20-50-23-41(38)47(43)45/h3-24H,1-2H3/b8-3-. The molecule has 0 saturated heterocycles. The van der Waals surface area contributed by atoms with Crippen molar-refractivity contribution in [2.75, 3.05) is 0 Å². The third-order valence-corrected chi connectivity index (χ3v) is 13.7. The summed E-state index contributed by atoms with van der Waals surface area (Å²) in [5.41, 5.74) is 2.60. The number of benzene rings is 9. The first-order chi connectivity index (χ1) is 25.2. The molecule has 0 nitrogen and oxygen atoms in total. The molecule has 0 aliphatic carbocycles. The minimum atomic E-state index is 1.28. The van der Waals surface area contributed by atoms with Crippen molar-refractivity contribution in [3.05, 3.63) is 134 Å². The molecule has 51 heavy (non-hydrogen) atoms. The van der Waals surface area contributed by atoms with Gasteiger partial charge in [0, 0.05) is 48.5 Å². The van der Waals surface area contributed by atoms with Crippen molar-refractivity contribution in [3.63, 3.8) is 0 Å². The molecular weight excluding hydrogens is 673 g/mol. The van der Waals surface area contributed by atoms with Gasteiger partial charge in [-0.25, -0.2) is 0 Å². The summed E-state index contributed by atoms with van der Waals surface area (Å²) >= 11 is 5.49. The number of aryl methyl sites for hydroxylation is 1. The summed E-state index contributed by atoms with van der Waals surface area (Å²) in [4.78, 5) is 0. The van der Waals surface area contributed by atoms with Crippen LogP contribution in [0.25, 0.3) is 125 Å². The highest BCUT2D eigenvalue weighted by Crippen LogP contribution is 2.54. The topological polar surface area (TPSA) is 0 Å². The molecule has 0 spiro atoms. The van der Waals surface area contributed by atoms with Gasteiger partial charge in [-0.15, -0.1) is 0 Å². The molecule has 0 bridgehead atoms. The molecule has 0 amide bonds. The van der Waals surface area contributed by atoms with Crippen molar-refractivity contribution in [1.29, 1.82) is 0 Å². The molecule has 12 rings (SSSR count). The predicted octanol–water partition coefficient (Wildman–Crippen LogP) is 15.9. The lowest BCUT2D eigenvalue weighted by Gasteiger charge is -2.21. The minimum Gasteiger partial charge on any atom is -0.151 e. The first kappa shape index (κ1) is 28.4. The lowest BCUT2D eigenvalue weighted by atomic mass is 9.81. The normalized spacial score (nSPS) is 12.8. The van der Waals surface area contributed by atoms with Crippen LogP contribution in [0.5, 0.6) is 0 Å². The van der Waals surface area contributed by atoms with Crippen molar-refractivity contribution < 1.29 is 0 Å². The van der Waals surface area contributed by atoms with E-state index in [-0.39, 0.29) is 0 Å². The predicted molar refractivity (Wildman–Crippen MR) is 232 cm³/mol. The van der Waals surface area contributed by atoms with Gasteiger partial charge in [0.1, 0.15) is 0 Å². The Balaban J connectivity index is 1.53. The van der Waals surface area contributed by atoms with Gasteiger partial charge in [-0.3, -0.25) is 0 Å². The van der Waals surface area contributed by atoms with E-state index in [1.54, 1.807) is 0 Å². The second-order valence-electron chi connectivity index (χ2n) is 14.1. The Kier molecular flexibility index (Phi) is 5.64. The second-order valence-corrected chi connectivity index (χ2v) is 16.3. The van der Waals surface area contributed by atoms with Gasteiger partial charge >= 0.3 is 0 Å². The van der Waals surface area contributed by atoms with E-state index in [1.807, 2.05) is 34.0 Å². The summed E-state index contributed by atoms with van der Waals surface area (Å²) in [7, 11) is 0. The SMILES string of the molecule is C/C=C\c1cc2c3cscc3c3c(c2cc1C)c1c2cscc2c2cc4ccccc4cc2c1c1c2cscc2c2cc4ccccc4cc2c31. The summed E-state index contributed by atoms with van der Waals surface area (Å²) in [5, 5.41) is 44.0. The monoisotopic (exact) mass is 700 g/mol. The van der Waals surface area contributed by atoms with Crippen molar-refractivity contribution in [2.45, 2.75) is 13.8 Å². The van der Waals surface area contributed by atoms with Crippen LogP contribution in [-0.2, 0) is 0 Å². The Morgan fingerprint density at radius 1 is 0.373 bits per heavy atom. The van der Waals surface area contributed by atoms with E-state index in [2.05, 4.69) is 143 Å². The number of hydrogen-bond acceptors (Lipinski definition) is 3. The van der Waals surface area contributed by atoms with Gasteiger partial charge in [-0.2, -0.15) is 34.0 Å². The molecule has 3 heteroatoms. The fourth-order valence-electron chi connectivity index (χ4n) is 9.32. The van der Waals surface area contributed by atoms with Crippen LogP contribution in [0.3, 0.4) is 0 Å². The molecule has 12 aromatic rings. The van der Waals surface area contributed by atoms with Crippen LogP contribution in [0.4, 0.5) is 0 Å². The summed E-state index contributed by atoms with van der Waals surface area (Å²) < 4.78 is 0. The Labute approximate surface area is 305 Å². The third-order valence-electron chi connectivity index (χ3n) is 11.5. The smallest absolute Gasteiger partial charge is 0.00150 e. The Bertz CT molecular complexity index is 3440. The highest BCUT2D eigenvalue weighted by atomic mass is 32.1. The van der Waals surface area contributed by atoms with Crippen molar-refractivity contribution >= 4 is 159 Å². The fourth-order valence-corrected chi connectivity index (χ4v) is 11.8. The molecule has 0 aliphatic heterocycles. The van der Waals surface area contributed by atoms with Gasteiger partial charge in [0.25, 0.3) is 0 Å². The second kappa shape index (κ2) is 10.1. The number of thiophene rings is 3. The highest BCUT2D eigenvalue weighted by Gasteiger charge is 2.25. The molecule has 9 aromatic carbocycles. The van der Waals surface area contributed by atoms with Crippen LogP contribution >= 0.6 is 34.0 Å². The molecule has 0 atom stereocenters. The molecule has 0 aliphatic rings. The van der Waals surface area contributed by atoms with Crippen LogP contribution in [0.2, 0.25) is 0 Å². The number of allylic oxidation sites excluding steroid dienone is 1. The summed E-state index contributed by atoms with van der Waals surface area (Å²) in [6, 6.07) is 32.6. The number of hydrogen-bond donors (Lipinski definition) is 0. The van der Waals surface area contributed by atoms with Crippen LogP contribution < -0.4 is 0 Å². The zero-order valence-electron chi connectivity index (χ0n) is 27.9. The lowest BCUT2D eigenvalue weighted by molar-refractivity contribution is 1.48. The van der Waals surface area contributed by atoms with E-state index in [4.69, 9.17) is 0 Å². The summed E-state index contributed by atoms with van der Waals surface area (Å²) in [5.74, 6) is 0. The molecule has 238 valence electrons. The lowest BCUT2D eigenvalue weighted by Crippen LogP contribution is -1.93. The quantitative estimate of drug-likeness (QED) is 0.118. The van der Waals surface area contributed by atoms with Gasteiger partial charge in [0.15, 0.2) is 0 Å². The van der Waals surface area contributed by atoms with E-state index >= 15 is 0 Å². The van der Waals surface area contributed by atoms with Gasteiger partial charge in [0.05, 0.1) is 0 Å². The maximum absolute atomic E-state index is 2.49. The minimum absolute atomic E-state index is 1.28. The zero-order chi connectivity index (χ0) is 33.5. The average Bonchev–Trinajstić information content (AvgIpc) is 3.95. The molecule has 3 heterocycles. The van der Waals surface area contributed by atoms with E-state index in [0.717, 1.165) is 0 Å². The third kappa shape index (κ3) is 3.63. The number of rotatable bonds is 1. The van der Waals surface area contributed by atoms with Crippen LogP contribution in [0.15, 0.2) is 123 Å². The number of fused-ring (bicyclic) bond motifs is 23. The first-order valence-corrected chi connectivity index (χ1v) is 20.3. The largest absolute Gasteiger partial charge is 0.151 e. The average molecular weight is 701 g/mol. The molecular formula is C48H28S3. The molecule has 0 saturated carbocycles.